The maximum absolute atomic E-state index is 5.92. The highest BCUT2D eigenvalue weighted by Crippen LogP contribution is 2.28. The van der Waals surface area contributed by atoms with Crippen LogP contribution >= 0.6 is 27.5 Å². The van der Waals surface area contributed by atoms with E-state index in [9.17, 15) is 0 Å². The molecule has 112 valence electrons. The van der Waals surface area contributed by atoms with Crippen molar-refractivity contribution in [3.8, 4) is 5.75 Å². The van der Waals surface area contributed by atoms with Gasteiger partial charge in [0.15, 0.2) is 0 Å². The molecule has 1 atom stereocenters. The first-order valence-corrected chi connectivity index (χ1v) is 8.08. The lowest BCUT2D eigenvalue weighted by atomic mass is 10.00. The molecule has 0 aromatic heterocycles. The summed E-state index contributed by atoms with van der Waals surface area (Å²) < 4.78 is 6.68. The van der Waals surface area contributed by atoms with Crippen molar-refractivity contribution in [2.75, 3.05) is 13.6 Å². The van der Waals surface area contributed by atoms with Crippen LogP contribution in [0.2, 0.25) is 5.02 Å². The van der Waals surface area contributed by atoms with Gasteiger partial charge in [0.05, 0.1) is 4.47 Å². The van der Waals surface area contributed by atoms with Gasteiger partial charge in [-0.3, -0.25) is 0 Å². The van der Waals surface area contributed by atoms with Crippen molar-refractivity contribution in [3.63, 3.8) is 0 Å². The van der Waals surface area contributed by atoms with Crippen LogP contribution in [0.3, 0.4) is 0 Å². The van der Waals surface area contributed by atoms with Gasteiger partial charge >= 0.3 is 0 Å². The minimum Gasteiger partial charge on any atom is -0.488 e. The van der Waals surface area contributed by atoms with E-state index >= 15 is 0 Å². The average molecular weight is 369 g/mol. The molecule has 1 N–H and O–H groups in total. The van der Waals surface area contributed by atoms with Gasteiger partial charge in [0, 0.05) is 11.6 Å². The average Bonchev–Trinajstić information content (AvgIpc) is 2.47. The van der Waals surface area contributed by atoms with E-state index in [2.05, 4.69) is 52.4 Å². The second-order valence-electron chi connectivity index (χ2n) is 5.06. The highest BCUT2D eigenvalue weighted by molar-refractivity contribution is 9.10. The summed E-state index contributed by atoms with van der Waals surface area (Å²) in [6.07, 6.45) is 0. The lowest BCUT2D eigenvalue weighted by molar-refractivity contribution is 0.304. The zero-order valence-corrected chi connectivity index (χ0v) is 14.5. The summed E-state index contributed by atoms with van der Waals surface area (Å²) in [5.74, 6) is 1.31. The second-order valence-corrected chi connectivity index (χ2v) is 6.35. The molecule has 0 fully saturated rings. The normalized spacial score (nSPS) is 12.2. The molecule has 2 aromatic carbocycles. The number of rotatable bonds is 6. The molecule has 21 heavy (non-hydrogen) atoms. The smallest absolute Gasteiger partial charge is 0.134 e. The summed E-state index contributed by atoms with van der Waals surface area (Å²) in [4.78, 5) is 0. The van der Waals surface area contributed by atoms with E-state index in [1.54, 1.807) is 0 Å². The van der Waals surface area contributed by atoms with E-state index in [4.69, 9.17) is 16.3 Å². The number of ether oxygens (including phenoxy) is 1. The van der Waals surface area contributed by atoms with Gasteiger partial charge in [-0.2, -0.15) is 0 Å². The van der Waals surface area contributed by atoms with Crippen molar-refractivity contribution in [3.05, 3.63) is 63.1 Å². The Morgan fingerprint density at radius 1 is 1.19 bits per heavy atom. The van der Waals surface area contributed by atoms with Crippen molar-refractivity contribution >= 4 is 27.5 Å². The molecule has 0 aliphatic rings. The quantitative estimate of drug-likeness (QED) is 0.774. The Hall–Kier alpha value is -1.03. The van der Waals surface area contributed by atoms with Gasteiger partial charge in [0.1, 0.15) is 12.4 Å². The molecule has 0 spiro atoms. The monoisotopic (exact) mass is 367 g/mol. The van der Waals surface area contributed by atoms with Crippen LogP contribution in [0, 0.1) is 0 Å². The van der Waals surface area contributed by atoms with Crippen LogP contribution in [-0.4, -0.2) is 13.6 Å². The molecular formula is C17H19BrClNO. The Kier molecular flexibility index (Phi) is 6.09. The minimum absolute atomic E-state index is 0.510. The van der Waals surface area contributed by atoms with Gasteiger partial charge in [0.25, 0.3) is 0 Å². The molecule has 0 saturated heterocycles. The molecule has 0 heterocycles. The summed E-state index contributed by atoms with van der Waals surface area (Å²) in [6, 6.07) is 14.1. The van der Waals surface area contributed by atoms with E-state index in [1.807, 2.05) is 25.2 Å². The van der Waals surface area contributed by atoms with Gasteiger partial charge in [0.2, 0.25) is 0 Å². The van der Waals surface area contributed by atoms with E-state index in [-0.39, 0.29) is 0 Å². The van der Waals surface area contributed by atoms with Crippen LogP contribution in [0.15, 0.2) is 46.9 Å². The summed E-state index contributed by atoms with van der Waals surface area (Å²) in [6.45, 7) is 3.74. The Balaban J connectivity index is 1.97. The first-order valence-electron chi connectivity index (χ1n) is 6.91. The van der Waals surface area contributed by atoms with Gasteiger partial charge in [-0.25, -0.2) is 0 Å². The number of halogens is 2. The molecule has 0 bridgehead atoms. The highest BCUT2D eigenvalue weighted by atomic mass is 79.9. The van der Waals surface area contributed by atoms with Crippen molar-refractivity contribution in [2.45, 2.75) is 19.4 Å². The zero-order chi connectivity index (χ0) is 15.2. The predicted octanol–water partition coefficient (Wildman–Crippen LogP) is 5.00. The van der Waals surface area contributed by atoms with E-state index in [0.717, 1.165) is 22.3 Å². The molecule has 0 amide bonds. The summed E-state index contributed by atoms with van der Waals surface area (Å²) in [5.41, 5.74) is 2.48. The molecule has 0 aliphatic carbocycles. The molecule has 2 nitrogen and oxygen atoms in total. The maximum Gasteiger partial charge on any atom is 0.134 e. The number of benzene rings is 2. The lowest BCUT2D eigenvalue weighted by Gasteiger charge is -2.12. The van der Waals surface area contributed by atoms with Crippen molar-refractivity contribution in [2.24, 2.45) is 0 Å². The lowest BCUT2D eigenvalue weighted by Crippen LogP contribution is -2.14. The fourth-order valence-corrected chi connectivity index (χ4v) is 2.92. The van der Waals surface area contributed by atoms with Crippen LogP contribution in [-0.2, 0) is 6.61 Å². The zero-order valence-electron chi connectivity index (χ0n) is 12.2. The molecule has 2 aromatic rings. The Morgan fingerprint density at radius 2 is 1.90 bits per heavy atom. The second kappa shape index (κ2) is 7.83. The number of nitrogens with one attached hydrogen (secondary N) is 1. The van der Waals surface area contributed by atoms with E-state index < -0.39 is 0 Å². The highest BCUT2D eigenvalue weighted by Gasteiger charge is 2.05. The van der Waals surface area contributed by atoms with Crippen LogP contribution in [0.5, 0.6) is 5.75 Å². The standard InChI is InChI=1S/C17H19BrClNO/c1-12(10-20-2)14-5-3-13(4-6-14)11-21-17-8-7-15(19)9-16(17)18/h3-9,12,20H,10-11H2,1-2H3. The van der Waals surface area contributed by atoms with E-state index in [1.165, 1.54) is 5.56 Å². The Morgan fingerprint density at radius 3 is 2.52 bits per heavy atom. The summed E-state index contributed by atoms with van der Waals surface area (Å²) in [5, 5.41) is 3.89. The Labute approximate surface area is 139 Å². The third kappa shape index (κ3) is 4.73. The third-order valence-electron chi connectivity index (χ3n) is 3.35. The van der Waals surface area contributed by atoms with Crippen molar-refractivity contribution in [1.82, 2.24) is 5.32 Å². The summed E-state index contributed by atoms with van der Waals surface area (Å²) in [7, 11) is 1.97. The number of likely N-dealkylation sites (N-methyl/N-ethyl adjacent to an activating group) is 1. The maximum atomic E-state index is 5.92. The summed E-state index contributed by atoms with van der Waals surface area (Å²) >= 11 is 9.37. The number of hydrogen-bond donors (Lipinski definition) is 1. The Bertz CT molecular complexity index is 586. The van der Waals surface area contributed by atoms with Gasteiger partial charge in [-0.1, -0.05) is 42.8 Å². The van der Waals surface area contributed by atoms with Gasteiger partial charge in [-0.05, 0) is 58.2 Å². The molecule has 0 saturated carbocycles. The topological polar surface area (TPSA) is 21.3 Å². The van der Waals surface area contributed by atoms with Crippen molar-refractivity contribution in [1.29, 1.82) is 0 Å². The first-order chi connectivity index (χ1) is 10.1. The van der Waals surface area contributed by atoms with Gasteiger partial charge in [-0.15, -0.1) is 0 Å². The molecular weight excluding hydrogens is 350 g/mol. The fourth-order valence-electron chi connectivity index (χ4n) is 2.12. The van der Waals surface area contributed by atoms with E-state index in [0.29, 0.717) is 17.5 Å². The van der Waals surface area contributed by atoms with Crippen LogP contribution in [0.25, 0.3) is 0 Å². The molecule has 4 heteroatoms. The molecule has 1 unspecified atom stereocenters. The molecule has 0 radical (unpaired) electrons. The van der Waals surface area contributed by atoms with Crippen LogP contribution in [0.4, 0.5) is 0 Å². The fraction of sp³-hybridized carbons (Fsp3) is 0.294. The SMILES string of the molecule is CNCC(C)c1ccc(COc2ccc(Cl)cc2Br)cc1. The first kappa shape index (κ1) is 16.3. The van der Waals surface area contributed by atoms with Gasteiger partial charge < -0.3 is 10.1 Å². The predicted molar refractivity (Wildman–Crippen MR) is 92.3 cm³/mol. The van der Waals surface area contributed by atoms with Crippen LogP contribution in [0.1, 0.15) is 24.0 Å². The molecule has 2 rings (SSSR count). The number of hydrogen-bond acceptors (Lipinski definition) is 2. The van der Waals surface area contributed by atoms with Crippen LogP contribution < -0.4 is 10.1 Å². The third-order valence-corrected chi connectivity index (χ3v) is 4.20. The minimum atomic E-state index is 0.510. The molecule has 0 aliphatic heterocycles. The largest absolute Gasteiger partial charge is 0.488 e. The van der Waals surface area contributed by atoms with Crippen molar-refractivity contribution < 1.29 is 4.74 Å².